The molecule has 0 amide bonds. The quantitative estimate of drug-likeness (QED) is 0.484. The van der Waals surface area contributed by atoms with Crippen LogP contribution in [0.1, 0.15) is 30.7 Å². The van der Waals surface area contributed by atoms with Crippen LogP contribution in [0.3, 0.4) is 0 Å². The van der Waals surface area contributed by atoms with E-state index in [2.05, 4.69) is 71.0 Å². The zero-order valence-corrected chi connectivity index (χ0v) is 16.5. The monoisotopic (exact) mass is 384 g/mol. The van der Waals surface area contributed by atoms with E-state index in [0.29, 0.717) is 0 Å². The van der Waals surface area contributed by atoms with E-state index >= 15 is 0 Å². The van der Waals surface area contributed by atoms with Crippen LogP contribution < -0.4 is 5.32 Å². The summed E-state index contributed by atoms with van der Waals surface area (Å²) in [6.45, 7) is 6.46. The summed E-state index contributed by atoms with van der Waals surface area (Å²) in [7, 11) is 0. The molecule has 7 heteroatoms. The highest BCUT2D eigenvalue weighted by atomic mass is 32.1. The predicted octanol–water partition coefficient (Wildman–Crippen LogP) is 5.19. The molecule has 126 valence electrons. The number of fused-ring (bicyclic) bond motifs is 1. The second kappa shape index (κ2) is 6.30. The maximum absolute atomic E-state index is 4.82. The Morgan fingerprint density at radius 2 is 2.00 bits per heavy atom. The van der Waals surface area contributed by atoms with Gasteiger partial charge in [-0.15, -0.1) is 34.0 Å². The second-order valence-electron chi connectivity index (χ2n) is 6.49. The molecule has 0 aliphatic carbocycles. The number of thiazole rings is 2. The number of rotatable bonds is 2. The Hall–Kier alpha value is -2.14. The van der Waals surface area contributed by atoms with Gasteiger partial charge in [-0.05, 0) is 44.7 Å². The molecule has 4 aromatic heterocycles. The number of hydrogen-bond donors (Lipinski definition) is 1. The number of imidazole rings is 1. The Labute approximate surface area is 158 Å². The SMILES string of the molecule is CC(C)(C)Nc1c(-c2ccc(C#Cc3nccs3)s2)nc2sccn12. The van der Waals surface area contributed by atoms with Gasteiger partial charge in [-0.1, -0.05) is 0 Å². The van der Waals surface area contributed by atoms with Crippen LogP contribution >= 0.6 is 34.0 Å². The van der Waals surface area contributed by atoms with Crippen molar-refractivity contribution in [2.45, 2.75) is 26.3 Å². The standard InChI is InChI=1S/C18H16N4S3/c1-18(2,3)21-16-15(20-17-22(16)9-11-24-17)13-6-4-12(25-13)5-7-14-19-8-10-23-14/h4,6,8-11,21H,1-3H3. The summed E-state index contributed by atoms with van der Waals surface area (Å²) in [5, 5.41) is 8.42. The molecule has 0 aromatic carbocycles. The molecule has 0 saturated heterocycles. The van der Waals surface area contributed by atoms with E-state index in [1.54, 1.807) is 40.2 Å². The second-order valence-corrected chi connectivity index (χ2v) is 9.34. The summed E-state index contributed by atoms with van der Waals surface area (Å²) < 4.78 is 2.12. The first-order valence-corrected chi connectivity index (χ1v) is 10.3. The molecule has 0 radical (unpaired) electrons. The van der Waals surface area contributed by atoms with E-state index in [4.69, 9.17) is 4.98 Å². The lowest BCUT2D eigenvalue weighted by Gasteiger charge is -2.22. The Kier molecular flexibility index (Phi) is 4.12. The van der Waals surface area contributed by atoms with Crippen molar-refractivity contribution >= 4 is 44.8 Å². The molecule has 4 aromatic rings. The first kappa shape index (κ1) is 16.3. The van der Waals surface area contributed by atoms with Crippen LogP contribution in [-0.2, 0) is 0 Å². The molecule has 0 fully saturated rings. The molecule has 1 N–H and O–H groups in total. The smallest absolute Gasteiger partial charge is 0.195 e. The topological polar surface area (TPSA) is 42.2 Å². The van der Waals surface area contributed by atoms with Gasteiger partial charge in [0, 0.05) is 28.7 Å². The van der Waals surface area contributed by atoms with Crippen LogP contribution in [0.2, 0.25) is 0 Å². The number of thiophene rings is 1. The summed E-state index contributed by atoms with van der Waals surface area (Å²) in [6.07, 6.45) is 3.83. The molecular formula is C18H16N4S3. The van der Waals surface area contributed by atoms with Crippen molar-refractivity contribution < 1.29 is 0 Å². The van der Waals surface area contributed by atoms with Crippen LogP contribution in [0.5, 0.6) is 0 Å². The third-order valence-corrected chi connectivity index (χ3v) is 5.77. The van der Waals surface area contributed by atoms with Gasteiger partial charge in [0.1, 0.15) is 11.5 Å². The fraction of sp³-hybridized carbons (Fsp3) is 0.222. The van der Waals surface area contributed by atoms with Crippen molar-refractivity contribution in [1.82, 2.24) is 14.4 Å². The third-order valence-electron chi connectivity index (χ3n) is 3.32. The van der Waals surface area contributed by atoms with Gasteiger partial charge in [0.2, 0.25) is 0 Å². The molecule has 0 saturated carbocycles. The fourth-order valence-corrected chi connectivity index (χ4v) is 4.41. The van der Waals surface area contributed by atoms with Crippen molar-refractivity contribution in [3.05, 3.63) is 45.2 Å². The summed E-state index contributed by atoms with van der Waals surface area (Å²) in [4.78, 5) is 12.1. The van der Waals surface area contributed by atoms with Crippen LogP contribution in [0.4, 0.5) is 5.82 Å². The normalized spacial score (nSPS) is 11.5. The van der Waals surface area contributed by atoms with Gasteiger partial charge in [0.05, 0.1) is 9.75 Å². The van der Waals surface area contributed by atoms with E-state index in [9.17, 15) is 0 Å². The average Bonchev–Trinajstić information content (AvgIpc) is 3.30. The minimum Gasteiger partial charge on any atom is -0.365 e. The lowest BCUT2D eigenvalue weighted by molar-refractivity contribution is 0.630. The minimum atomic E-state index is -0.0443. The predicted molar refractivity (Wildman–Crippen MR) is 108 cm³/mol. The first-order valence-electron chi connectivity index (χ1n) is 7.75. The molecule has 0 aliphatic rings. The fourth-order valence-electron chi connectivity index (χ4n) is 2.36. The van der Waals surface area contributed by atoms with Gasteiger partial charge in [0.25, 0.3) is 0 Å². The molecule has 4 rings (SSSR count). The summed E-state index contributed by atoms with van der Waals surface area (Å²) in [5.41, 5.74) is 0.936. The summed E-state index contributed by atoms with van der Waals surface area (Å²) in [5.74, 6) is 7.34. The number of aromatic nitrogens is 3. The van der Waals surface area contributed by atoms with Gasteiger partial charge in [-0.2, -0.15) is 0 Å². The maximum atomic E-state index is 4.82. The van der Waals surface area contributed by atoms with Crippen molar-refractivity contribution in [3.63, 3.8) is 0 Å². The van der Waals surface area contributed by atoms with Crippen molar-refractivity contribution in [2.24, 2.45) is 0 Å². The Balaban J connectivity index is 1.72. The van der Waals surface area contributed by atoms with E-state index in [0.717, 1.165) is 31.2 Å². The molecule has 0 aliphatic heterocycles. The number of nitrogens with one attached hydrogen (secondary N) is 1. The molecule has 4 nitrogen and oxygen atoms in total. The molecule has 0 spiro atoms. The number of anilines is 1. The Morgan fingerprint density at radius 1 is 1.12 bits per heavy atom. The highest BCUT2D eigenvalue weighted by Gasteiger charge is 2.20. The van der Waals surface area contributed by atoms with Gasteiger partial charge < -0.3 is 5.32 Å². The summed E-state index contributed by atoms with van der Waals surface area (Å²) in [6, 6.07) is 4.14. The van der Waals surface area contributed by atoms with E-state index in [1.165, 1.54) is 0 Å². The van der Waals surface area contributed by atoms with Crippen LogP contribution in [0.15, 0.2) is 35.3 Å². The van der Waals surface area contributed by atoms with E-state index < -0.39 is 0 Å². The Morgan fingerprint density at radius 3 is 2.76 bits per heavy atom. The van der Waals surface area contributed by atoms with E-state index in [1.807, 2.05) is 5.38 Å². The average molecular weight is 385 g/mol. The van der Waals surface area contributed by atoms with E-state index in [-0.39, 0.29) is 5.54 Å². The minimum absolute atomic E-state index is 0.0443. The molecule has 25 heavy (non-hydrogen) atoms. The summed E-state index contributed by atoms with van der Waals surface area (Å²) >= 11 is 4.85. The zero-order valence-electron chi connectivity index (χ0n) is 14.0. The van der Waals surface area contributed by atoms with Crippen molar-refractivity contribution in [1.29, 1.82) is 0 Å². The van der Waals surface area contributed by atoms with Gasteiger partial charge in [-0.25, -0.2) is 9.97 Å². The highest BCUT2D eigenvalue weighted by molar-refractivity contribution is 7.16. The molecule has 0 bridgehead atoms. The van der Waals surface area contributed by atoms with Crippen molar-refractivity contribution in [3.8, 4) is 22.4 Å². The maximum Gasteiger partial charge on any atom is 0.195 e. The van der Waals surface area contributed by atoms with Crippen LogP contribution in [-0.4, -0.2) is 19.9 Å². The first-order chi connectivity index (χ1) is 12.0. The van der Waals surface area contributed by atoms with Gasteiger partial charge in [0.15, 0.2) is 9.97 Å². The number of nitrogens with zero attached hydrogens (tertiary/aromatic N) is 3. The van der Waals surface area contributed by atoms with Gasteiger partial charge >= 0.3 is 0 Å². The van der Waals surface area contributed by atoms with Gasteiger partial charge in [-0.3, -0.25) is 4.40 Å². The Bertz CT molecular complexity index is 1070. The van der Waals surface area contributed by atoms with Crippen LogP contribution in [0, 0.1) is 11.8 Å². The molecular weight excluding hydrogens is 368 g/mol. The third kappa shape index (κ3) is 3.47. The molecule has 0 unspecified atom stereocenters. The largest absolute Gasteiger partial charge is 0.365 e. The lowest BCUT2D eigenvalue weighted by atomic mass is 10.1. The van der Waals surface area contributed by atoms with Crippen molar-refractivity contribution in [2.75, 3.05) is 5.32 Å². The van der Waals surface area contributed by atoms with Crippen LogP contribution in [0.25, 0.3) is 15.5 Å². The molecule has 0 atom stereocenters. The highest BCUT2D eigenvalue weighted by Crippen LogP contribution is 2.36. The number of hydrogen-bond acceptors (Lipinski definition) is 6. The zero-order chi connectivity index (χ0) is 17.4. The lowest BCUT2D eigenvalue weighted by Crippen LogP contribution is -2.27. The molecule has 4 heterocycles.